The van der Waals surface area contributed by atoms with Gasteiger partial charge < -0.3 is 14.6 Å². The van der Waals surface area contributed by atoms with Gasteiger partial charge in [-0.1, -0.05) is 39.7 Å². The van der Waals surface area contributed by atoms with Crippen molar-refractivity contribution < 1.29 is 14.6 Å². The topological polar surface area (TPSA) is 54.3 Å². The molecule has 0 amide bonds. The van der Waals surface area contributed by atoms with Crippen molar-refractivity contribution in [1.29, 1.82) is 0 Å². The van der Waals surface area contributed by atoms with Crippen LogP contribution in [0.1, 0.15) is 35.4 Å². The van der Waals surface area contributed by atoms with Gasteiger partial charge in [-0.3, -0.25) is 0 Å². The molecule has 0 aliphatic carbocycles. The van der Waals surface area contributed by atoms with E-state index in [2.05, 4.69) is 22.0 Å². The molecule has 5 nitrogen and oxygen atoms in total. The molecule has 0 fully saturated rings. The van der Waals surface area contributed by atoms with Crippen molar-refractivity contribution in [3.8, 4) is 11.5 Å². The van der Waals surface area contributed by atoms with Crippen LogP contribution in [0.15, 0.2) is 76.3 Å². The second-order valence-electron chi connectivity index (χ2n) is 7.45. The number of ether oxygens (including phenoxy) is 2. The third-order valence-corrected chi connectivity index (χ3v) is 6.20. The van der Waals surface area contributed by atoms with E-state index in [-0.39, 0.29) is 25.5 Å². The van der Waals surface area contributed by atoms with Gasteiger partial charge in [0.05, 0.1) is 18.4 Å². The van der Waals surface area contributed by atoms with Gasteiger partial charge in [0, 0.05) is 27.0 Å². The van der Waals surface area contributed by atoms with Crippen molar-refractivity contribution >= 4 is 33.2 Å². The van der Waals surface area contributed by atoms with Crippen LogP contribution in [0.3, 0.4) is 0 Å². The van der Waals surface area contributed by atoms with Crippen molar-refractivity contribution in [2.24, 2.45) is 5.10 Å². The van der Waals surface area contributed by atoms with Crippen molar-refractivity contribution in [1.82, 2.24) is 5.01 Å². The van der Waals surface area contributed by atoms with Crippen molar-refractivity contribution in [2.45, 2.75) is 18.7 Å². The molecule has 3 aromatic rings. The number of benzene rings is 3. The zero-order chi connectivity index (χ0) is 21.4. The van der Waals surface area contributed by atoms with Crippen LogP contribution in [0.2, 0.25) is 5.02 Å². The molecule has 0 spiro atoms. The lowest BCUT2D eigenvalue weighted by molar-refractivity contribution is -0.0191. The minimum Gasteiger partial charge on any atom is -0.491 e. The number of halogens is 2. The number of hydrogen-bond acceptors (Lipinski definition) is 5. The zero-order valence-corrected chi connectivity index (χ0v) is 18.9. The average Bonchev–Trinajstić information content (AvgIpc) is 3.24. The van der Waals surface area contributed by atoms with E-state index >= 15 is 0 Å². The van der Waals surface area contributed by atoms with Crippen LogP contribution in [0.5, 0.6) is 11.5 Å². The Morgan fingerprint density at radius 3 is 2.61 bits per heavy atom. The van der Waals surface area contributed by atoms with Gasteiger partial charge in [0.1, 0.15) is 18.1 Å². The lowest BCUT2D eigenvalue weighted by atomic mass is 9.96. The molecule has 0 unspecified atom stereocenters. The predicted octanol–water partition coefficient (Wildman–Crippen LogP) is 5.72. The van der Waals surface area contributed by atoms with E-state index in [1.807, 2.05) is 65.7 Å². The van der Waals surface area contributed by atoms with Crippen molar-refractivity contribution in [3.05, 3.63) is 92.9 Å². The highest BCUT2D eigenvalue weighted by molar-refractivity contribution is 9.10. The summed E-state index contributed by atoms with van der Waals surface area (Å²) in [4.78, 5) is 0. The molecule has 158 valence electrons. The Hall–Kier alpha value is -2.54. The van der Waals surface area contributed by atoms with Crippen LogP contribution >= 0.6 is 27.5 Å². The van der Waals surface area contributed by atoms with Crippen molar-refractivity contribution in [3.63, 3.8) is 0 Å². The smallest absolute Gasteiger partial charge is 0.213 e. The quantitative estimate of drug-likeness (QED) is 0.488. The van der Waals surface area contributed by atoms with Gasteiger partial charge in [0.2, 0.25) is 6.23 Å². The molecule has 0 saturated heterocycles. The largest absolute Gasteiger partial charge is 0.491 e. The fourth-order valence-corrected chi connectivity index (χ4v) is 4.49. The molecule has 2 aliphatic rings. The minimum atomic E-state index is -0.352. The van der Waals surface area contributed by atoms with Gasteiger partial charge in [-0.2, -0.15) is 5.10 Å². The normalized spacial score (nSPS) is 19.3. The van der Waals surface area contributed by atoms with Crippen LogP contribution in [0.4, 0.5) is 0 Å². The number of rotatable bonds is 5. The molecule has 3 aromatic carbocycles. The lowest BCUT2D eigenvalue weighted by Gasteiger charge is -2.38. The summed E-state index contributed by atoms with van der Waals surface area (Å²) >= 11 is 9.66. The summed E-state index contributed by atoms with van der Waals surface area (Å²) in [6, 6.07) is 21.7. The summed E-state index contributed by atoms with van der Waals surface area (Å²) in [6.45, 7) is 0.252. The molecule has 0 aromatic heterocycles. The lowest BCUT2D eigenvalue weighted by Crippen LogP contribution is -2.33. The first kappa shape index (κ1) is 20.4. The fraction of sp³-hybridized carbons (Fsp3) is 0.208. The monoisotopic (exact) mass is 498 g/mol. The van der Waals surface area contributed by atoms with Gasteiger partial charge >= 0.3 is 0 Å². The van der Waals surface area contributed by atoms with Crippen molar-refractivity contribution in [2.75, 3.05) is 13.2 Å². The molecule has 31 heavy (non-hydrogen) atoms. The number of hydrogen-bond donors (Lipinski definition) is 1. The molecular weight excluding hydrogens is 480 g/mol. The van der Waals surface area contributed by atoms with Gasteiger partial charge in [-0.05, 0) is 60.2 Å². The summed E-state index contributed by atoms with van der Waals surface area (Å²) in [5, 5.41) is 16.7. The number of aliphatic hydroxyl groups is 1. The van der Waals surface area contributed by atoms with Crippen LogP contribution < -0.4 is 9.47 Å². The summed E-state index contributed by atoms with van der Waals surface area (Å²) in [6.07, 6.45) is 0.429. The summed E-state index contributed by atoms with van der Waals surface area (Å²) in [5.74, 6) is 1.57. The fourth-order valence-electron chi connectivity index (χ4n) is 3.99. The first-order valence-corrected chi connectivity index (χ1v) is 11.2. The first-order valence-electron chi connectivity index (χ1n) is 10.0. The Morgan fingerprint density at radius 1 is 1.10 bits per heavy atom. The molecule has 7 heteroatoms. The van der Waals surface area contributed by atoms with E-state index in [9.17, 15) is 0 Å². The van der Waals surface area contributed by atoms with Crippen LogP contribution in [-0.2, 0) is 0 Å². The average molecular weight is 500 g/mol. The molecule has 2 atom stereocenters. The summed E-state index contributed by atoms with van der Waals surface area (Å²) in [7, 11) is 0. The van der Waals surface area contributed by atoms with E-state index in [4.69, 9.17) is 31.3 Å². The maximum Gasteiger partial charge on any atom is 0.213 e. The molecule has 2 heterocycles. The Bertz CT molecular complexity index is 1120. The van der Waals surface area contributed by atoms with Gasteiger partial charge in [-0.25, -0.2) is 5.01 Å². The number of nitrogens with zero attached hydrogens (tertiary/aromatic N) is 2. The summed E-state index contributed by atoms with van der Waals surface area (Å²) < 4.78 is 12.9. The van der Waals surface area contributed by atoms with E-state index in [0.717, 1.165) is 39.0 Å². The highest BCUT2D eigenvalue weighted by Crippen LogP contribution is 2.48. The van der Waals surface area contributed by atoms with Crippen LogP contribution in [0, 0.1) is 0 Å². The van der Waals surface area contributed by atoms with Gasteiger partial charge in [-0.15, -0.1) is 0 Å². The maximum absolute atomic E-state index is 8.96. The molecule has 2 aliphatic heterocycles. The van der Waals surface area contributed by atoms with E-state index in [1.54, 1.807) is 0 Å². The highest BCUT2D eigenvalue weighted by atomic mass is 79.9. The molecule has 1 N–H and O–H groups in total. The van der Waals surface area contributed by atoms with Gasteiger partial charge in [0.25, 0.3) is 0 Å². The van der Waals surface area contributed by atoms with E-state index in [1.165, 1.54) is 0 Å². The zero-order valence-electron chi connectivity index (χ0n) is 16.5. The summed E-state index contributed by atoms with van der Waals surface area (Å²) in [5.41, 5.74) is 4.16. The van der Waals surface area contributed by atoms with Crippen LogP contribution in [-0.4, -0.2) is 29.0 Å². The molecule has 0 radical (unpaired) electrons. The molecule has 5 rings (SSSR count). The third-order valence-electron chi connectivity index (χ3n) is 5.45. The Kier molecular flexibility index (Phi) is 5.61. The molecule has 0 bridgehead atoms. The standard InChI is InChI=1S/C24H20BrClN2O3/c25-17-5-10-23-20(13-17)22-14-21(15-1-6-18(26)7-2-15)27-28(22)24(31-23)16-3-8-19(9-4-16)30-12-11-29/h1-10,13,22,24,29H,11-12,14H2/t22-,24-/m1/s1. The van der Waals surface area contributed by atoms with Crippen LogP contribution in [0.25, 0.3) is 0 Å². The Balaban J connectivity index is 1.52. The first-order chi connectivity index (χ1) is 15.1. The third kappa shape index (κ3) is 4.03. The Morgan fingerprint density at radius 2 is 1.87 bits per heavy atom. The predicted molar refractivity (Wildman–Crippen MR) is 124 cm³/mol. The Labute approximate surface area is 194 Å². The highest BCUT2D eigenvalue weighted by Gasteiger charge is 2.41. The molecular formula is C24H20BrClN2O3. The van der Waals surface area contributed by atoms with E-state index < -0.39 is 0 Å². The van der Waals surface area contributed by atoms with Gasteiger partial charge in [0.15, 0.2) is 0 Å². The maximum atomic E-state index is 8.96. The second-order valence-corrected chi connectivity index (χ2v) is 8.80. The SMILES string of the molecule is OCCOc1ccc([C@H]2Oc3ccc(Br)cc3[C@H]3CC(c4ccc(Cl)cc4)=NN32)cc1. The number of hydrazone groups is 1. The molecule has 0 saturated carbocycles. The minimum absolute atomic E-state index is 0.0164. The number of fused-ring (bicyclic) bond motifs is 3. The number of aliphatic hydroxyl groups excluding tert-OH is 1. The van der Waals surface area contributed by atoms with E-state index in [0.29, 0.717) is 10.8 Å². The second kappa shape index (κ2) is 8.54.